The van der Waals surface area contributed by atoms with Gasteiger partial charge in [0.1, 0.15) is 23.0 Å². The molecule has 9 heteroatoms. The second-order valence-electron chi connectivity index (χ2n) is 10.4. The molecular weight excluding hydrogens is 440 g/mol. The van der Waals surface area contributed by atoms with Crippen LogP contribution in [0.3, 0.4) is 0 Å². The van der Waals surface area contributed by atoms with Gasteiger partial charge in [0.2, 0.25) is 5.95 Å². The second kappa shape index (κ2) is 9.22. The number of nitrogens with one attached hydrogen (secondary N) is 3. The van der Waals surface area contributed by atoms with Crippen molar-refractivity contribution in [2.24, 2.45) is 0 Å². The van der Waals surface area contributed by atoms with E-state index in [4.69, 9.17) is 0 Å². The van der Waals surface area contributed by atoms with E-state index in [0.29, 0.717) is 29.0 Å². The van der Waals surface area contributed by atoms with Crippen molar-refractivity contribution in [2.75, 3.05) is 24.2 Å². The monoisotopic (exact) mass is 474 g/mol. The summed E-state index contributed by atoms with van der Waals surface area (Å²) >= 11 is 0. The van der Waals surface area contributed by atoms with Gasteiger partial charge in [0.15, 0.2) is 0 Å². The first kappa shape index (κ1) is 23.2. The zero-order chi connectivity index (χ0) is 24.6. The van der Waals surface area contributed by atoms with Crippen LogP contribution in [0.25, 0.3) is 0 Å². The Morgan fingerprint density at radius 2 is 1.91 bits per heavy atom. The number of likely N-dealkylation sites (N-methyl/N-ethyl adjacent to an activating group) is 1. The highest BCUT2D eigenvalue weighted by atomic mass is 16.1. The van der Waals surface area contributed by atoms with E-state index >= 15 is 0 Å². The summed E-state index contributed by atoms with van der Waals surface area (Å²) in [4.78, 5) is 33.4. The first-order valence-corrected chi connectivity index (χ1v) is 12.1. The third-order valence-electron chi connectivity index (χ3n) is 6.18. The lowest BCUT2D eigenvalue weighted by Crippen LogP contribution is -2.27. The fraction of sp³-hybridized carbons (Fsp3) is 0.423. The molecule has 1 aliphatic carbocycles. The fourth-order valence-corrected chi connectivity index (χ4v) is 4.01. The number of anilines is 4. The molecule has 1 amide bonds. The molecule has 0 bridgehead atoms. The number of aromatic nitrogens is 4. The van der Waals surface area contributed by atoms with Crippen LogP contribution < -0.4 is 16.0 Å². The van der Waals surface area contributed by atoms with Crippen LogP contribution in [-0.4, -0.2) is 50.4 Å². The molecule has 1 aromatic carbocycles. The van der Waals surface area contributed by atoms with E-state index in [2.05, 4.69) is 80.7 Å². The van der Waals surface area contributed by atoms with Crippen LogP contribution >= 0.6 is 0 Å². The number of hydrogen-bond acceptors (Lipinski definition) is 8. The van der Waals surface area contributed by atoms with Crippen LogP contribution in [0, 0.1) is 0 Å². The summed E-state index contributed by atoms with van der Waals surface area (Å²) in [7, 11) is 2.14. The number of carbonyl (C=O) groups excluding carboxylic acids is 1. The second-order valence-corrected chi connectivity index (χ2v) is 10.4. The average Bonchev–Trinajstić information content (AvgIpc) is 3.63. The molecule has 1 aliphatic heterocycles. The van der Waals surface area contributed by atoms with Gasteiger partial charge in [-0.3, -0.25) is 4.79 Å². The van der Waals surface area contributed by atoms with E-state index in [-0.39, 0.29) is 18.8 Å². The average molecular weight is 475 g/mol. The van der Waals surface area contributed by atoms with Crippen LogP contribution in [-0.2, 0) is 18.4 Å². The number of fused-ring (bicyclic) bond motifs is 1. The summed E-state index contributed by atoms with van der Waals surface area (Å²) in [5, 5.41) is 9.56. The van der Waals surface area contributed by atoms with E-state index in [0.717, 1.165) is 38.0 Å². The first-order chi connectivity index (χ1) is 16.7. The van der Waals surface area contributed by atoms with Crippen molar-refractivity contribution in [1.82, 2.24) is 30.2 Å². The summed E-state index contributed by atoms with van der Waals surface area (Å²) in [5.74, 6) is 1.91. The molecule has 0 radical (unpaired) electrons. The maximum atomic E-state index is 12.9. The Kier molecular flexibility index (Phi) is 6.10. The van der Waals surface area contributed by atoms with Gasteiger partial charge < -0.3 is 20.9 Å². The van der Waals surface area contributed by atoms with Gasteiger partial charge >= 0.3 is 0 Å². The van der Waals surface area contributed by atoms with Gasteiger partial charge in [0.25, 0.3) is 5.91 Å². The van der Waals surface area contributed by atoms with E-state index in [1.165, 1.54) is 11.1 Å². The Morgan fingerprint density at radius 3 is 2.69 bits per heavy atom. The first-order valence-electron chi connectivity index (χ1n) is 12.1. The Labute approximate surface area is 207 Å². The normalized spacial score (nSPS) is 15.9. The highest BCUT2D eigenvalue weighted by Gasteiger charge is 2.26. The Hall–Kier alpha value is -3.59. The maximum absolute atomic E-state index is 12.9. The van der Waals surface area contributed by atoms with Crippen LogP contribution in [0.1, 0.15) is 62.3 Å². The lowest BCUT2D eigenvalue weighted by atomic mass is 9.96. The van der Waals surface area contributed by atoms with E-state index < -0.39 is 0 Å². The van der Waals surface area contributed by atoms with Crippen molar-refractivity contribution in [1.29, 1.82) is 0 Å². The molecule has 3 aromatic rings. The molecule has 1 saturated carbocycles. The molecule has 0 unspecified atom stereocenters. The number of rotatable bonds is 6. The Morgan fingerprint density at radius 1 is 1.09 bits per heavy atom. The zero-order valence-electron chi connectivity index (χ0n) is 20.7. The quantitative estimate of drug-likeness (QED) is 0.488. The standard InChI is InChI=1S/C26H32N8O.H2/c1-26(2,3)24-27-11-9-21(32-24)31-22-20(23(35)29-18-7-8-18)14-28-25(33-22)30-19-6-5-17-15-34(4)12-10-16(17)13-19;/h5-6,9,11,13-14,18H,7-8,10,12,15H2,1-4H3,(H,29,35)(H2,27,28,30,31,32,33);1H. The van der Waals surface area contributed by atoms with Gasteiger partial charge in [-0.2, -0.15) is 4.98 Å². The minimum absolute atomic E-state index is 0. The van der Waals surface area contributed by atoms with Crippen molar-refractivity contribution < 1.29 is 6.22 Å². The van der Waals surface area contributed by atoms with Crippen molar-refractivity contribution >= 4 is 29.2 Å². The minimum Gasteiger partial charge on any atom is -0.349 e. The van der Waals surface area contributed by atoms with E-state index in [1.807, 2.05) is 6.07 Å². The Bertz CT molecular complexity index is 1250. The SMILES string of the molecule is CN1CCc2cc(Nc3ncc(C(=O)NC4CC4)c(Nc4ccnc(C(C)(C)C)n4)n3)ccc2C1.[HH]. The maximum Gasteiger partial charge on any atom is 0.256 e. The lowest BCUT2D eigenvalue weighted by Gasteiger charge is -2.25. The Balaban J connectivity index is 0.00000304. The van der Waals surface area contributed by atoms with Gasteiger partial charge in [-0.15, -0.1) is 0 Å². The molecule has 35 heavy (non-hydrogen) atoms. The van der Waals surface area contributed by atoms with Crippen molar-refractivity contribution in [2.45, 2.75) is 58.0 Å². The molecule has 5 rings (SSSR count). The molecule has 9 nitrogen and oxygen atoms in total. The molecule has 3 heterocycles. The molecule has 1 fully saturated rings. The van der Waals surface area contributed by atoms with Gasteiger partial charge in [-0.1, -0.05) is 26.8 Å². The van der Waals surface area contributed by atoms with E-state index in [1.54, 1.807) is 18.5 Å². The summed E-state index contributed by atoms with van der Waals surface area (Å²) in [6.07, 6.45) is 6.30. The number of carbonyl (C=O) groups is 1. The van der Waals surface area contributed by atoms with E-state index in [9.17, 15) is 4.79 Å². The highest BCUT2D eigenvalue weighted by molar-refractivity contribution is 5.99. The van der Waals surface area contributed by atoms with Gasteiger partial charge in [0, 0.05) is 44.1 Å². The van der Waals surface area contributed by atoms with Gasteiger partial charge in [0.05, 0.1) is 0 Å². The number of benzene rings is 1. The predicted octanol–water partition coefficient (Wildman–Crippen LogP) is 4.18. The molecule has 184 valence electrons. The lowest BCUT2D eigenvalue weighted by molar-refractivity contribution is 0.0951. The summed E-state index contributed by atoms with van der Waals surface area (Å²) < 4.78 is 0. The number of nitrogens with zero attached hydrogens (tertiary/aromatic N) is 5. The van der Waals surface area contributed by atoms with Crippen LogP contribution in [0.2, 0.25) is 0 Å². The summed E-state index contributed by atoms with van der Waals surface area (Å²) in [6.45, 7) is 8.18. The molecule has 2 aromatic heterocycles. The molecule has 0 saturated heterocycles. The van der Waals surface area contributed by atoms with Crippen molar-refractivity contribution in [3.05, 3.63) is 59.2 Å². The zero-order valence-corrected chi connectivity index (χ0v) is 20.7. The van der Waals surface area contributed by atoms with Crippen molar-refractivity contribution in [3.63, 3.8) is 0 Å². The molecule has 0 atom stereocenters. The smallest absolute Gasteiger partial charge is 0.256 e. The predicted molar refractivity (Wildman–Crippen MR) is 138 cm³/mol. The van der Waals surface area contributed by atoms with Crippen LogP contribution in [0.15, 0.2) is 36.7 Å². The fourth-order valence-electron chi connectivity index (χ4n) is 4.01. The highest BCUT2D eigenvalue weighted by Crippen LogP contribution is 2.27. The molecule has 2 aliphatic rings. The third-order valence-corrected chi connectivity index (χ3v) is 6.18. The topological polar surface area (TPSA) is 108 Å². The third kappa shape index (κ3) is 5.57. The summed E-state index contributed by atoms with van der Waals surface area (Å²) in [6, 6.07) is 8.36. The van der Waals surface area contributed by atoms with Crippen LogP contribution in [0.4, 0.5) is 23.3 Å². The minimum atomic E-state index is -0.205. The number of amides is 1. The largest absolute Gasteiger partial charge is 0.349 e. The molecule has 0 spiro atoms. The van der Waals surface area contributed by atoms with Gasteiger partial charge in [-0.05, 0) is 55.6 Å². The van der Waals surface area contributed by atoms with Gasteiger partial charge in [-0.25, -0.2) is 15.0 Å². The summed E-state index contributed by atoms with van der Waals surface area (Å²) in [5.41, 5.74) is 3.78. The number of hydrogen-bond donors (Lipinski definition) is 3. The van der Waals surface area contributed by atoms with Crippen LogP contribution in [0.5, 0.6) is 0 Å². The molecular formula is C26H34N8O. The molecule has 3 N–H and O–H groups in total. The van der Waals surface area contributed by atoms with Crippen molar-refractivity contribution in [3.8, 4) is 0 Å².